The van der Waals surface area contributed by atoms with Gasteiger partial charge in [0.1, 0.15) is 34.5 Å². The van der Waals surface area contributed by atoms with E-state index in [2.05, 4.69) is 31.0 Å². The number of halogens is 5. The Morgan fingerprint density at radius 2 is 1.73 bits per heavy atom. The quantitative estimate of drug-likeness (QED) is 0.244. The minimum Gasteiger partial charge on any atom is -0.497 e. The Kier molecular flexibility index (Phi) is 7.41. The van der Waals surface area contributed by atoms with E-state index in [1.165, 1.54) is 31.0 Å². The number of pyridine rings is 1. The molecule has 1 amide bonds. The third kappa shape index (κ3) is 5.20. The number of aromatic nitrogens is 3. The third-order valence-corrected chi connectivity index (χ3v) is 7.00. The minimum absolute atomic E-state index is 0.0203. The Balaban J connectivity index is 1.66. The van der Waals surface area contributed by atoms with Gasteiger partial charge in [0.05, 0.1) is 17.1 Å². The Hall–Kier alpha value is -4.13. The first-order valence-electron chi connectivity index (χ1n) is 12.0. The van der Waals surface area contributed by atoms with Crippen LogP contribution in [0.5, 0.6) is 11.5 Å². The van der Waals surface area contributed by atoms with Crippen LogP contribution in [0.3, 0.4) is 0 Å². The van der Waals surface area contributed by atoms with Crippen LogP contribution in [0.4, 0.5) is 23.2 Å². The molecule has 1 N–H and O–H groups in total. The van der Waals surface area contributed by atoms with Crippen LogP contribution in [-0.2, 0) is 7.05 Å². The lowest BCUT2D eigenvalue weighted by Crippen LogP contribution is -2.24. The molecule has 5 rings (SSSR count). The Morgan fingerprint density at radius 3 is 2.30 bits per heavy atom. The maximum absolute atomic E-state index is 15.3. The van der Waals surface area contributed by atoms with E-state index in [0.29, 0.717) is 4.47 Å². The van der Waals surface area contributed by atoms with Crippen molar-refractivity contribution in [2.75, 3.05) is 12.4 Å². The van der Waals surface area contributed by atoms with Crippen molar-refractivity contribution in [2.24, 2.45) is 7.05 Å². The molecule has 1 aliphatic rings. The molecule has 0 saturated heterocycles. The van der Waals surface area contributed by atoms with E-state index in [-0.39, 0.29) is 34.5 Å². The maximum atomic E-state index is 15.3. The summed E-state index contributed by atoms with van der Waals surface area (Å²) >= 11 is 3.40. The van der Waals surface area contributed by atoms with E-state index in [1.807, 2.05) is 6.07 Å². The summed E-state index contributed by atoms with van der Waals surface area (Å²) in [6, 6.07) is 10.2. The highest BCUT2D eigenvalue weighted by molar-refractivity contribution is 9.10. The van der Waals surface area contributed by atoms with Gasteiger partial charge in [-0.3, -0.25) is 14.3 Å². The van der Waals surface area contributed by atoms with Gasteiger partial charge in [-0.1, -0.05) is 0 Å². The van der Waals surface area contributed by atoms with Crippen LogP contribution >= 0.6 is 15.9 Å². The molecule has 0 bridgehead atoms. The van der Waals surface area contributed by atoms with Crippen molar-refractivity contribution in [3.05, 3.63) is 86.2 Å². The predicted molar refractivity (Wildman–Crippen MR) is 141 cm³/mol. The smallest absolute Gasteiger partial charge is 0.387 e. The number of carbonyl (C=O) groups is 1. The summed E-state index contributed by atoms with van der Waals surface area (Å²) in [6.45, 7) is -3.05. The molecule has 4 aromatic rings. The number of amides is 1. The lowest BCUT2D eigenvalue weighted by Gasteiger charge is -2.14. The molecule has 8 nitrogen and oxygen atoms in total. The van der Waals surface area contributed by atoms with Crippen molar-refractivity contribution < 1.29 is 31.8 Å². The maximum Gasteiger partial charge on any atom is 0.387 e. The summed E-state index contributed by atoms with van der Waals surface area (Å²) in [6.07, 6.45) is 1.90. The molecular formula is C27H21BrF4N4O4. The van der Waals surface area contributed by atoms with Gasteiger partial charge in [-0.05, 0) is 65.2 Å². The number of benzene rings is 2. The van der Waals surface area contributed by atoms with Crippen molar-refractivity contribution in [2.45, 2.75) is 25.4 Å². The zero-order valence-corrected chi connectivity index (χ0v) is 22.6. The second kappa shape index (κ2) is 10.8. The average molecular weight is 621 g/mol. The molecule has 0 atom stereocenters. The topological polar surface area (TPSA) is 87.4 Å². The highest BCUT2D eigenvalue weighted by Crippen LogP contribution is 2.40. The van der Waals surface area contributed by atoms with Crippen LogP contribution in [0.25, 0.3) is 17.1 Å². The fraction of sp³-hybridized carbons (Fsp3) is 0.222. The molecule has 40 heavy (non-hydrogen) atoms. The number of methoxy groups -OCH3 is 1. The van der Waals surface area contributed by atoms with Crippen LogP contribution in [0.1, 0.15) is 34.8 Å². The van der Waals surface area contributed by atoms with Crippen molar-refractivity contribution >= 4 is 27.5 Å². The van der Waals surface area contributed by atoms with E-state index in [9.17, 15) is 18.4 Å². The van der Waals surface area contributed by atoms with Gasteiger partial charge in [0.2, 0.25) is 0 Å². The Labute approximate surface area is 233 Å². The highest BCUT2D eigenvalue weighted by Gasteiger charge is 2.30. The minimum atomic E-state index is -3.05. The first-order chi connectivity index (χ1) is 19.1. The van der Waals surface area contributed by atoms with Gasteiger partial charge < -0.3 is 14.8 Å². The van der Waals surface area contributed by atoms with Gasteiger partial charge in [0.25, 0.3) is 11.5 Å². The number of anilines is 1. The van der Waals surface area contributed by atoms with Crippen LogP contribution in [0.15, 0.2) is 57.8 Å². The van der Waals surface area contributed by atoms with Crippen molar-refractivity contribution in [1.82, 2.24) is 14.3 Å². The number of hydrogen-bond acceptors (Lipinski definition) is 5. The van der Waals surface area contributed by atoms with Crippen molar-refractivity contribution in [3.8, 4) is 28.6 Å². The largest absolute Gasteiger partial charge is 0.497 e. The monoisotopic (exact) mass is 620 g/mol. The molecule has 0 unspecified atom stereocenters. The van der Waals surface area contributed by atoms with Gasteiger partial charge in [-0.25, -0.2) is 13.8 Å². The lowest BCUT2D eigenvalue weighted by molar-refractivity contribution is -0.0498. The third-order valence-electron chi connectivity index (χ3n) is 6.38. The van der Waals surface area contributed by atoms with E-state index in [0.717, 1.165) is 47.5 Å². The summed E-state index contributed by atoms with van der Waals surface area (Å²) < 4.78 is 67.6. The number of carbonyl (C=O) groups excluding carboxylic acids is 1. The van der Waals surface area contributed by atoms with Crippen LogP contribution in [-0.4, -0.2) is 34.0 Å². The molecule has 1 fully saturated rings. The first kappa shape index (κ1) is 27.4. The SMILES string of the molecule is COc1cc(F)c(-c2c(NC(=O)c3ccc(OC(F)F)cc3)c(=O)n(-c3nc(C4CC4)ccc3Br)n2C)c(F)c1. The van der Waals surface area contributed by atoms with Gasteiger partial charge in [0, 0.05) is 36.4 Å². The average Bonchev–Trinajstić information content (AvgIpc) is 3.73. The van der Waals surface area contributed by atoms with Gasteiger partial charge in [-0.15, -0.1) is 0 Å². The van der Waals surface area contributed by atoms with E-state index < -0.39 is 41.0 Å². The van der Waals surface area contributed by atoms with Gasteiger partial charge >= 0.3 is 6.61 Å². The number of ether oxygens (including phenoxy) is 2. The predicted octanol–water partition coefficient (Wildman–Crippen LogP) is 6.02. The number of alkyl halides is 2. The second-order valence-corrected chi connectivity index (χ2v) is 9.86. The first-order valence-corrected chi connectivity index (χ1v) is 12.8. The summed E-state index contributed by atoms with van der Waals surface area (Å²) in [5.41, 5.74) is -1.34. The van der Waals surface area contributed by atoms with Gasteiger partial charge in [-0.2, -0.15) is 13.5 Å². The Morgan fingerprint density at radius 1 is 1.07 bits per heavy atom. The molecule has 208 valence electrons. The fourth-order valence-electron chi connectivity index (χ4n) is 4.31. The van der Waals surface area contributed by atoms with E-state index >= 15 is 8.78 Å². The van der Waals surface area contributed by atoms with Crippen molar-refractivity contribution in [1.29, 1.82) is 0 Å². The summed E-state index contributed by atoms with van der Waals surface area (Å²) in [7, 11) is 2.66. The zero-order chi connectivity index (χ0) is 28.7. The second-order valence-electron chi connectivity index (χ2n) is 9.00. The van der Waals surface area contributed by atoms with Crippen LogP contribution in [0.2, 0.25) is 0 Å². The molecule has 0 aliphatic heterocycles. The van der Waals surface area contributed by atoms with Crippen molar-refractivity contribution in [3.63, 3.8) is 0 Å². The highest BCUT2D eigenvalue weighted by atomic mass is 79.9. The number of nitrogens with one attached hydrogen (secondary N) is 1. The number of rotatable bonds is 8. The van der Waals surface area contributed by atoms with E-state index in [1.54, 1.807) is 6.07 Å². The molecule has 1 saturated carbocycles. The van der Waals surface area contributed by atoms with Crippen LogP contribution in [0, 0.1) is 11.6 Å². The summed E-state index contributed by atoms with van der Waals surface area (Å²) in [5, 5.41) is 2.45. The molecule has 0 spiro atoms. The fourth-order valence-corrected chi connectivity index (χ4v) is 4.70. The number of nitrogens with zero attached hydrogens (tertiary/aromatic N) is 3. The Bertz CT molecular complexity index is 1640. The molecule has 2 heterocycles. The summed E-state index contributed by atoms with van der Waals surface area (Å²) in [4.78, 5) is 31.6. The van der Waals surface area contributed by atoms with E-state index in [4.69, 9.17) is 4.74 Å². The molecule has 13 heteroatoms. The zero-order valence-electron chi connectivity index (χ0n) is 21.1. The van der Waals surface area contributed by atoms with Crippen LogP contribution < -0.4 is 20.3 Å². The molecular weight excluding hydrogens is 600 g/mol. The molecule has 2 aromatic heterocycles. The normalized spacial score (nSPS) is 13.0. The summed E-state index contributed by atoms with van der Waals surface area (Å²) in [5.74, 6) is -2.74. The standard InChI is InChI=1S/C27H21BrF4N4O4/c1-35-23(21-18(29)11-16(39-2)12-19(21)30)22(34-25(37)14-5-7-15(8-6-14)40-27(31)32)26(38)36(35)24-17(28)9-10-20(33-24)13-3-4-13/h5-13,27H,3-4H2,1-2H3,(H,34,37). The molecule has 0 radical (unpaired) electrons. The number of hydrogen-bond donors (Lipinski definition) is 1. The molecule has 1 aliphatic carbocycles. The lowest BCUT2D eigenvalue weighted by atomic mass is 10.1. The van der Waals surface area contributed by atoms with Gasteiger partial charge in [0.15, 0.2) is 5.82 Å². The molecule has 2 aromatic carbocycles.